The van der Waals surface area contributed by atoms with Gasteiger partial charge in [-0.1, -0.05) is 36.4 Å². The smallest absolute Gasteiger partial charge is 0.270 e. The van der Waals surface area contributed by atoms with E-state index in [1.165, 1.54) is 0 Å². The summed E-state index contributed by atoms with van der Waals surface area (Å²) in [5.74, 6) is 0.158. The topological polar surface area (TPSA) is 79.8 Å². The summed E-state index contributed by atoms with van der Waals surface area (Å²) >= 11 is 0. The third-order valence-corrected chi connectivity index (χ3v) is 3.69. The van der Waals surface area contributed by atoms with Crippen molar-refractivity contribution < 1.29 is 4.79 Å². The lowest BCUT2D eigenvalue weighted by molar-refractivity contribution is 0.0935. The molecule has 3 rings (SSSR count). The maximum Gasteiger partial charge on any atom is 0.270 e. The van der Waals surface area contributed by atoms with Gasteiger partial charge in [0.05, 0.1) is 18.3 Å². The van der Waals surface area contributed by atoms with E-state index in [-0.39, 0.29) is 11.9 Å². The predicted octanol–water partition coefficient (Wildman–Crippen LogP) is 2.97. The number of carbonyl (C=O) groups excluding carboxylic acids is 1. The van der Waals surface area contributed by atoms with Gasteiger partial charge in [-0.2, -0.15) is 0 Å². The second-order valence-corrected chi connectivity index (χ2v) is 5.55. The number of carbonyl (C=O) groups is 1. The van der Waals surface area contributed by atoms with Crippen molar-refractivity contribution in [2.75, 3.05) is 5.32 Å². The van der Waals surface area contributed by atoms with Crippen LogP contribution in [0.25, 0.3) is 0 Å². The van der Waals surface area contributed by atoms with Gasteiger partial charge in [0.2, 0.25) is 5.95 Å². The Morgan fingerprint density at radius 3 is 2.56 bits per heavy atom. The summed E-state index contributed by atoms with van der Waals surface area (Å²) in [6, 6.07) is 17.0. The Morgan fingerprint density at radius 1 is 1.00 bits per heavy atom. The average Bonchev–Trinajstić information content (AvgIpc) is 2.68. The molecule has 0 saturated carbocycles. The van der Waals surface area contributed by atoms with Crippen LogP contribution < -0.4 is 10.6 Å². The maximum atomic E-state index is 12.4. The van der Waals surface area contributed by atoms with Crippen molar-refractivity contribution in [3.63, 3.8) is 0 Å². The number of benzene rings is 1. The van der Waals surface area contributed by atoms with Crippen molar-refractivity contribution >= 4 is 11.9 Å². The maximum absolute atomic E-state index is 12.4. The lowest BCUT2D eigenvalue weighted by Gasteiger charge is -2.14. The van der Waals surface area contributed by atoms with E-state index in [1.54, 1.807) is 18.5 Å². The summed E-state index contributed by atoms with van der Waals surface area (Å²) < 4.78 is 0. The Morgan fingerprint density at radius 2 is 1.80 bits per heavy atom. The molecule has 0 spiro atoms. The number of pyridine rings is 1. The number of hydrogen-bond donors (Lipinski definition) is 2. The summed E-state index contributed by atoms with van der Waals surface area (Å²) in [5.41, 5.74) is 2.23. The summed E-state index contributed by atoms with van der Waals surface area (Å²) in [7, 11) is 0. The van der Waals surface area contributed by atoms with E-state index >= 15 is 0 Å². The van der Waals surface area contributed by atoms with Crippen LogP contribution in [-0.4, -0.2) is 20.9 Å². The minimum absolute atomic E-state index is 0.103. The summed E-state index contributed by atoms with van der Waals surface area (Å²) in [5, 5.41) is 6.02. The fraction of sp³-hybridized carbons (Fsp3) is 0.158. The third kappa shape index (κ3) is 4.60. The molecular formula is C19H19N5O. The number of hydrogen-bond acceptors (Lipinski definition) is 5. The van der Waals surface area contributed by atoms with Crippen molar-refractivity contribution in [2.24, 2.45) is 0 Å². The highest BCUT2D eigenvalue weighted by Gasteiger charge is 2.13. The Labute approximate surface area is 146 Å². The van der Waals surface area contributed by atoms with E-state index in [9.17, 15) is 4.79 Å². The first-order valence-electron chi connectivity index (χ1n) is 8.05. The van der Waals surface area contributed by atoms with Gasteiger partial charge in [0.15, 0.2) is 0 Å². The van der Waals surface area contributed by atoms with Crippen molar-refractivity contribution in [1.82, 2.24) is 20.3 Å². The second kappa shape index (κ2) is 8.01. The zero-order valence-corrected chi connectivity index (χ0v) is 13.9. The molecule has 0 saturated heterocycles. The van der Waals surface area contributed by atoms with Gasteiger partial charge in [-0.25, -0.2) is 9.97 Å². The molecule has 0 aliphatic carbocycles. The Kier molecular flexibility index (Phi) is 5.31. The third-order valence-electron chi connectivity index (χ3n) is 3.69. The van der Waals surface area contributed by atoms with Crippen molar-refractivity contribution in [2.45, 2.75) is 19.5 Å². The molecule has 0 bridgehead atoms. The number of rotatable bonds is 6. The molecule has 1 unspecified atom stereocenters. The minimum atomic E-state index is -0.236. The Balaban J connectivity index is 1.63. The van der Waals surface area contributed by atoms with Crippen LogP contribution in [0.15, 0.2) is 67.0 Å². The number of aromatic nitrogens is 3. The van der Waals surface area contributed by atoms with Crippen LogP contribution in [0.1, 0.15) is 34.7 Å². The van der Waals surface area contributed by atoms with Gasteiger partial charge in [-0.3, -0.25) is 9.78 Å². The molecule has 2 aromatic heterocycles. The molecule has 126 valence electrons. The van der Waals surface area contributed by atoms with Crippen LogP contribution in [-0.2, 0) is 6.54 Å². The molecular weight excluding hydrogens is 314 g/mol. The average molecular weight is 333 g/mol. The van der Waals surface area contributed by atoms with E-state index in [0.717, 1.165) is 11.3 Å². The van der Waals surface area contributed by atoms with Crippen molar-refractivity contribution in [3.05, 3.63) is 83.9 Å². The lowest BCUT2D eigenvalue weighted by Crippen LogP contribution is -2.27. The van der Waals surface area contributed by atoms with Crippen LogP contribution in [0.5, 0.6) is 0 Å². The molecule has 0 fully saturated rings. The zero-order chi connectivity index (χ0) is 17.5. The molecule has 6 heteroatoms. The second-order valence-electron chi connectivity index (χ2n) is 5.55. The van der Waals surface area contributed by atoms with Gasteiger partial charge in [0.1, 0.15) is 5.69 Å². The Hall–Kier alpha value is -3.28. The van der Waals surface area contributed by atoms with Crippen LogP contribution in [0.2, 0.25) is 0 Å². The van der Waals surface area contributed by atoms with Crippen molar-refractivity contribution in [1.29, 1.82) is 0 Å². The van der Waals surface area contributed by atoms with Crippen LogP contribution in [0, 0.1) is 0 Å². The monoisotopic (exact) mass is 333 g/mol. The normalized spacial score (nSPS) is 11.6. The standard InChI is InChI=1S/C19H19N5O/c1-14(15-7-3-2-4-8-15)23-18(25)17-10-12-21-19(24-17)22-13-16-9-5-6-11-20-16/h2-12,14H,13H2,1H3,(H,23,25)(H,21,22,24). The fourth-order valence-corrected chi connectivity index (χ4v) is 2.34. The predicted molar refractivity (Wildman–Crippen MR) is 95.9 cm³/mol. The first-order chi connectivity index (χ1) is 12.2. The molecule has 3 aromatic rings. The number of anilines is 1. The molecule has 1 atom stereocenters. The number of nitrogens with one attached hydrogen (secondary N) is 2. The van der Waals surface area contributed by atoms with Crippen molar-refractivity contribution in [3.8, 4) is 0 Å². The van der Waals surface area contributed by atoms with Gasteiger partial charge >= 0.3 is 0 Å². The summed E-state index contributed by atoms with van der Waals surface area (Å²) in [4.78, 5) is 25.1. The molecule has 0 aliphatic rings. The SMILES string of the molecule is CC(NC(=O)c1ccnc(NCc2ccccn2)n1)c1ccccc1. The summed E-state index contributed by atoms with van der Waals surface area (Å²) in [6.07, 6.45) is 3.29. The molecule has 2 heterocycles. The van der Waals surface area contributed by atoms with Gasteiger partial charge in [0, 0.05) is 12.4 Å². The van der Waals surface area contributed by atoms with E-state index in [4.69, 9.17) is 0 Å². The molecule has 6 nitrogen and oxygen atoms in total. The first kappa shape index (κ1) is 16.6. The van der Waals surface area contributed by atoms with E-state index in [1.807, 2.05) is 55.5 Å². The van der Waals surface area contributed by atoms with Gasteiger partial charge in [0.25, 0.3) is 5.91 Å². The highest BCUT2D eigenvalue weighted by Crippen LogP contribution is 2.12. The minimum Gasteiger partial charge on any atom is -0.349 e. The van der Waals surface area contributed by atoms with Crippen LogP contribution in [0.3, 0.4) is 0 Å². The molecule has 1 amide bonds. The number of amides is 1. The first-order valence-corrected chi connectivity index (χ1v) is 8.05. The van der Waals surface area contributed by atoms with Gasteiger partial charge in [-0.15, -0.1) is 0 Å². The largest absolute Gasteiger partial charge is 0.349 e. The van der Waals surface area contributed by atoms with E-state index in [2.05, 4.69) is 25.6 Å². The quantitative estimate of drug-likeness (QED) is 0.725. The van der Waals surface area contributed by atoms with E-state index < -0.39 is 0 Å². The van der Waals surface area contributed by atoms with E-state index in [0.29, 0.717) is 18.2 Å². The molecule has 1 aromatic carbocycles. The summed E-state index contributed by atoms with van der Waals surface area (Å²) in [6.45, 7) is 2.43. The molecule has 0 radical (unpaired) electrons. The molecule has 2 N–H and O–H groups in total. The highest BCUT2D eigenvalue weighted by atomic mass is 16.1. The van der Waals surface area contributed by atoms with Gasteiger partial charge < -0.3 is 10.6 Å². The zero-order valence-electron chi connectivity index (χ0n) is 13.9. The molecule has 0 aliphatic heterocycles. The van der Waals surface area contributed by atoms with Gasteiger partial charge in [-0.05, 0) is 30.7 Å². The Bertz CT molecular complexity index is 823. The van der Waals surface area contributed by atoms with Crippen LogP contribution in [0.4, 0.5) is 5.95 Å². The van der Waals surface area contributed by atoms with Crippen LogP contribution >= 0.6 is 0 Å². The highest BCUT2D eigenvalue weighted by molar-refractivity contribution is 5.92. The lowest BCUT2D eigenvalue weighted by atomic mass is 10.1. The molecule has 25 heavy (non-hydrogen) atoms. The number of nitrogens with zero attached hydrogens (tertiary/aromatic N) is 3. The fourth-order valence-electron chi connectivity index (χ4n) is 2.34.